The summed E-state index contributed by atoms with van der Waals surface area (Å²) in [6.07, 6.45) is 6.23. The van der Waals surface area contributed by atoms with Crippen LogP contribution >= 0.6 is 0 Å². The van der Waals surface area contributed by atoms with E-state index in [0.717, 1.165) is 11.9 Å². The maximum absolute atomic E-state index is 5.64. The van der Waals surface area contributed by atoms with Gasteiger partial charge in [-0.1, -0.05) is 31.0 Å². The molecule has 0 atom stereocenters. The van der Waals surface area contributed by atoms with Crippen LogP contribution in [0.3, 0.4) is 0 Å². The number of aromatic nitrogens is 2. The molecule has 1 aromatic carbocycles. The van der Waals surface area contributed by atoms with Crippen LogP contribution < -0.4 is 5.73 Å². The highest BCUT2D eigenvalue weighted by atomic mass is 15.1. The van der Waals surface area contributed by atoms with Crippen molar-refractivity contribution in [3.8, 4) is 0 Å². The topological polar surface area (TPSA) is 54.7 Å². The van der Waals surface area contributed by atoms with E-state index in [9.17, 15) is 0 Å². The largest absolute Gasteiger partial charge is 0.330 e. The van der Waals surface area contributed by atoms with Crippen molar-refractivity contribution in [2.45, 2.75) is 38.0 Å². The number of rotatable bonds is 3. The third kappa shape index (κ3) is 1.84. The molecule has 0 unspecified atom stereocenters. The molecule has 0 aliphatic heterocycles. The highest BCUT2D eigenvalue weighted by Gasteiger charge is 2.21. The Bertz CT molecular complexity index is 509. The van der Waals surface area contributed by atoms with Gasteiger partial charge >= 0.3 is 0 Å². The first kappa shape index (κ1) is 10.8. The Kier molecular flexibility index (Phi) is 2.85. The van der Waals surface area contributed by atoms with Gasteiger partial charge in [0.1, 0.15) is 0 Å². The zero-order valence-electron chi connectivity index (χ0n) is 10.1. The van der Waals surface area contributed by atoms with Crippen LogP contribution in [0.15, 0.2) is 18.2 Å². The van der Waals surface area contributed by atoms with E-state index in [0.29, 0.717) is 12.5 Å². The molecule has 0 bridgehead atoms. The van der Waals surface area contributed by atoms with E-state index in [-0.39, 0.29) is 0 Å². The molecule has 3 rings (SSSR count). The lowest BCUT2D eigenvalue weighted by Gasteiger charge is -2.06. The van der Waals surface area contributed by atoms with Gasteiger partial charge < -0.3 is 5.73 Å². The third-order valence-corrected chi connectivity index (χ3v) is 3.88. The number of para-hydroxylation sites is 1. The summed E-state index contributed by atoms with van der Waals surface area (Å²) in [4.78, 5) is 0. The molecule has 17 heavy (non-hydrogen) atoms. The van der Waals surface area contributed by atoms with Crippen LogP contribution in [0.2, 0.25) is 0 Å². The van der Waals surface area contributed by atoms with Gasteiger partial charge in [0, 0.05) is 17.0 Å². The van der Waals surface area contributed by atoms with Gasteiger partial charge in [-0.2, -0.15) is 5.10 Å². The van der Waals surface area contributed by atoms with E-state index in [1.807, 2.05) is 0 Å². The first-order valence-electron chi connectivity index (χ1n) is 6.56. The Hall–Kier alpha value is -1.35. The molecule has 3 nitrogen and oxygen atoms in total. The second kappa shape index (κ2) is 4.49. The number of fused-ring (bicyclic) bond motifs is 1. The van der Waals surface area contributed by atoms with Crippen molar-refractivity contribution in [3.63, 3.8) is 0 Å². The number of nitrogens with two attached hydrogens (primary N) is 1. The highest BCUT2D eigenvalue weighted by Crippen LogP contribution is 2.36. The molecule has 1 aromatic heterocycles. The summed E-state index contributed by atoms with van der Waals surface area (Å²) in [5.74, 6) is 0.688. The van der Waals surface area contributed by atoms with Crippen molar-refractivity contribution < 1.29 is 0 Å². The fraction of sp³-hybridized carbons (Fsp3) is 0.500. The lowest BCUT2D eigenvalue weighted by atomic mass is 9.99. The summed E-state index contributed by atoms with van der Waals surface area (Å²) in [7, 11) is 0. The molecule has 3 N–H and O–H groups in total. The molecule has 0 saturated heterocycles. The molecule has 1 fully saturated rings. The fourth-order valence-corrected chi connectivity index (χ4v) is 3.00. The van der Waals surface area contributed by atoms with Crippen LogP contribution in [-0.4, -0.2) is 16.7 Å². The average molecular weight is 229 g/mol. The first-order valence-corrected chi connectivity index (χ1v) is 6.56. The second-order valence-corrected chi connectivity index (χ2v) is 4.97. The molecular formula is C14H19N3. The van der Waals surface area contributed by atoms with Gasteiger partial charge in [0.25, 0.3) is 0 Å². The SMILES string of the molecule is NCCc1cccc2c(C3CCCC3)[nH]nc12. The summed E-state index contributed by atoms with van der Waals surface area (Å²) in [5, 5.41) is 9.07. The quantitative estimate of drug-likeness (QED) is 0.850. The molecule has 0 radical (unpaired) electrons. The van der Waals surface area contributed by atoms with Crippen molar-refractivity contribution in [3.05, 3.63) is 29.5 Å². The molecule has 1 aliphatic rings. The van der Waals surface area contributed by atoms with E-state index in [4.69, 9.17) is 5.73 Å². The Morgan fingerprint density at radius 3 is 2.88 bits per heavy atom. The Labute approximate surface area is 101 Å². The van der Waals surface area contributed by atoms with Crippen molar-refractivity contribution in [2.24, 2.45) is 5.73 Å². The molecular weight excluding hydrogens is 210 g/mol. The number of nitrogens with one attached hydrogen (secondary N) is 1. The predicted octanol–water partition coefficient (Wildman–Crippen LogP) is 2.72. The van der Waals surface area contributed by atoms with Crippen molar-refractivity contribution in [2.75, 3.05) is 6.54 Å². The summed E-state index contributed by atoms with van der Waals surface area (Å²) in [5.41, 5.74) is 9.38. The van der Waals surface area contributed by atoms with Gasteiger partial charge in [-0.25, -0.2) is 0 Å². The number of H-pyrrole nitrogens is 1. The summed E-state index contributed by atoms with van der Waals surface area (Å²) in [6.45, 7) is 0.685. The zero-order chi connectivity index (χ0) is 11.7. The third-order valence-electron chi connectivity index (χ3n) is 3.88. The van der Waals surface area contributed by atoms with Crippen molar-refractivity contribution >= 4 is 10.9 Å². The zero-order valence-corrected chi connectivity index (χ0v) is 10.1. The number of aromatic amines is 1. The molecule has 3 heteroatoms. The van der Waals surface area contributed by atoms with Gasteiger partial charge in [0.05, 0.1) is 5.52 Å². The number of benzene rings is 1. The molecule has 0 spiro atoms. The van der Waals surface area contributed by atoms with Crippen molar-refractivity contribution in [1.29, 1.82) is 0 Å². The Morgan fingerprint density at radius 2 is 2.12 bits per heavy atom. The van der Waals surface area contributed by atoms with Gasteiger partial charge in [-0.3, -0.25) is 5.10 Å². The van der Waals surface area contributed by atoms with Crippen molar-refractivity contribution in [1.82, 2.24) is 10.2 Å². The van der Waals surface area contributed by atoms with Crippen LogP contribution in [0.4, 0.5) is 0 Å². The van der Waals surface area contributed by atoms with Crippen LogP contribution in [0.1, 0.15) is 42.9 Å². The summed E-state index contributed by atoms with van der Waals surface area (Å²) in [6, 6.07) is 6.45. The minimum Gasteiger partial charge on any atom is -0.330 e. The van der Waals surface area contributed by atoms with E-state index in [1.54, 1.807) is 0 Å². The number of hydrogen-bond acceptors (Lipinski definition) is 2. The van der Waals surface area contributed by atoms with Gasteiger partial charge in [-0.05, 0) is 31.4 Å². The van der Waals surface area contributed by atoms with Gasteiger partial charge in [0.2, 0.25) is 0 Å². The van der Waals surface area contributed by atoms with E-state index < -0.39 is 0 Å². The van der Waals surface area contributed by atoms with E-state index >= 15 is 0 Å². The minimum atomic E-state index is 0.685. The molecule has 0 amide bonds. The van der Waals surface area contributed by atoms with Gasteiger partial charge in [0.15, 0.2) is 0 Å². The molecule has 1 aliphatic carbocycles. The summed E-state index contributed by atoms with van der Waals surface area (Å²) < 4.78 is 0. The van der Waals surface area contributed by atoms with E-state index in [1.165, 1.54) is 42.3 Å². The van der Waals surface area contributed by atoms with Crippen LogP contribution in [0.5, 0.6) is 0 Å². The van der Waals surface area contributed by atoms with Gasteiger partial charge in [-0.15, -0.1) is 0 Å². The predicted molar refractivity (Wildman–Crippen MR) is 70.1 cm³/mol. The smallest absolute Gasteiger partial charge is 0.0956 e. The first-order chi connectivity index (χ1) is 8.40. The monoisotopic (exact) mass is 229 g/mol. The molecule has 2 aromatic rings. The lowest BCUT2D eigenvalue weighted by molar-refractivity contribution is 0.698. The van der Waals surface area contributed by atoms with E-state index in [2.05, 4.69) is 28.4 Å². The van der Waals surface area contributed by atoms with Crippen LogP contribution in [-0.2, 0) is 6.42 Å². The standard InChI is InChI=1S/C14H19N3/c15-9-8-11-6-3-7-12-13(16-17-14(11)12)10-4-1-2-5-10/h3,6-7,10H,1-2,4-5,8-9,15H2,(H,16,17). The summed E-state index contributed by atoms with van der Waals surface area (Å²) >= 11 is 0. The fourth-order valence-electron chi connectivity index (χ4n) is 3.00. The maximum Gasteiger partial charge on any atom is 0.0956 e. The maximum atomic E-state index is 5.64. The second-order valence-electron chi connectivity index (χ2n) is 4.97. The molecule has 90 valence electrons. The van der Waals surface area contributed by atoms with Crippen LogP contribution in [0, 0.1) is 0 Å². The number of hydrogen-bond donors (Lipinski definition) is 2. The molecule has 1 heterocycles. The molecule has 1 saturated carbocycles. The normalized spacial score (nSPS) is 17.0. The Balaban J connectivity index is 2.06. The highest BCUT2D eigenvalue weighted by molar-refractivity contribution is 5.84. The minimum absolute atomic E-state index is 0.685. The Morgan fingerprint density at radius 1 is 1.29 bits per heavy atom. The lowest BCUT2D eigenvalue weighted by Crippen LogP contribution is -2.03. The van der Waals surface area contributed by atoms with Crippen LogP contribution in [0.25, 0.3) is 10.9 Å². The average Bonchev–Trinajstić information content (AvgIpc) is 2.97. The number of nitrogens with zero attached hydrogens (tertiary/aromatic N) is 1.